The molecule has 0 bridgehead atoms. The number of aryl methyl sites for hydroxylation is 3. The van der Waals surface area contributed by atoms with Crippen molar-refractivity contribution < 1.29 is 22.4 Å². The van der Waals surface area contributed by atoms with Crippen molar-refractivity contribution in [2.75, 3.05) is 18.5 Å². The monoisotopic (exact) mass is 456 g/mol. The Kier molecular flexibility index (Phi) is 7.37. The number of ether oxygens (including phenoxy) is 1. The van der Waals surface area contributed by atoms with E-state index in [9.17, 15) is 13.2 Å². The first kappa shape index (κ1) is 23.6. The average molecular weight is 457 g/mol. The van der Waals surface area contributed by atoms with Crippen molar-refractivity contribution in [1.82, 2.24) is 4.31 Å². The summed E-state index contributed by atoms with van der Waals surface area (Å²) >= 11 is 0. The number of hydrogen-bond donors (Lipinski definition) is 1. The van der Waals surface area contributed by atoms with Gasteiger partial charge in [0, 0.05) is 5.69 Å². The minimum atomic E-state index is -3.97. The highest BCUT2D eigenvalue weighted by Gasteiger charge is 2.28. The van der Waals surface area contributed by atoms with Crippen molar-refractivity contribution in [2.45, 2.75) is 39.1 Å². The van der Waals surface area contributed by atoms with Crippen LogP contribution in [0.2, 0.25) is 0 Å². The number of nitrogens with one attached hydrogen (secondary N) is 1. The summed E-state index contributed by atoms with van der Waals surface area (Å²) in [5, 5.41) is 2.87. The summed E-state index contributed by atoms with van der Waals surface area (Å²) in [5.41, 5.74) is 3.62. The maximum atomic E-state index is 13.4. The predicted octanol–water partition coefficient (Wildman–Crippen LogP) is 4.43. The van der Waals surface area contributed by atoms with Crippen molar-refractivity contribution in [3.63, 3.8) is 0 Å². The van der Waals surface area contributed by atoms with Gasteiger partial charge in [-0.25, -0.2) is 8.42 Å². The number of amides is 1. The van der Waals surface area contributed by atoms with Crippen LogP contribution in [0, 0.1) is 20.8 Å². The third kappa shape index (κ3) is 5.57. The van der Waals surface area contributed by atoms with Crippen LogP contribution in [0.15, 0.2) is 64.1 Å². The van der Waals surface area contributed by atoms with Crippen molar-refractivity contribution in [3.05, 3.63) is 77.2 Å². The zero-order chi connectivity index (χ0) is 23.3. The van der Waals surface area contributed by atoms with Gasteiger partial charge in [-0.1, -0.05) is 17.7 Å². The highest BCUT2D eigenvalue weighted by atomic mass is 32.2. The lowest BCUT2D eigenvalue weighted by molar-refractivity contribution is -0.116. The maximum Gasteiger partial charge on any atom is 0.243 e. The molecule has 0 spiro atoms. The van der Waals surface area contributed by atoms with Gasteiger partial charge in [-0.15, -0.1) is 0 Å². The number of anilines is 1. The van der Waals surface area contributed by atoms with E-state index in [1.165, 1.54) is 18.4 Å². The number of sulfonamides is 1. The number of rotatable bonds is 9. The number of carbonyl (C=O) groups excluding carboxylic acids is 1. The van der Waals surface area contributed by atoms with E-state index in [4.69, 9.17) is 9.15 Å². The largest absolute Gasteiger partial charge is 0.494 e. The molecule has 3 aromatic rings. The summed E-state index contributed by atoms with van der Waals surface area (Å²) in [6, 6.07) is 13.4. The molecule has 1 aromatic heterocycles. The first-order valence-electron chi connectivity index (χ1n) is 10.3. The van der Waals surface area contributed by atoms with E-state index >= 15 is 0 Å². The molecule has 32 heavy (non-hydrogen) atoms. The minimum absolute atomic E-state index is 0.0676. The number of benzene rings is 2. The minimum Gasteiger partial charge on any atom is -0.494 e. The number of hydrogen-bond acceptors (Lipinski definition) is 5. The normalized spacial score (nSPS) is 11.5. The van der Waals surface area contributed by atoms with Crippen LogP contribution in [-0.4, -0.2) is 31.8 Å². The molecule has 1 amide bonds. The number of carbonyl (C=O) groups is 1. The molecular formula is C24H28N2O5S. The quantitative estimate of drug-likeness (QED) is 0.514. The second-order valence-electron chi connectivity index (χ2n) is 7.58. The van der Waals surface area contributed by atoms with Gasteiger partial charge in [0.25, 0.3) is 0 Å². The van der Waals surface area contributed by atoms with Gasteiger partial charge in [0.2, 0.25) is 15.9 Å². The Morgan fingerprint density at radius 3 is 2.28 bits per heavy atom. The molecule has 0 atom stereocenters. The Morgan fingerprint density at radius 1 is 1.06 bits per heavy atom. The van der Waals surface area contributed by atoms with E-state index in [2.05, 4.69) is 5.32 Å². The Hall–Kier alpha value is -3.10. The summed E-state index contributed by atoms with van der Waals surface area (Å²) in [4.78, 5) is 13.0. The molecule has 1 heterocycles. The molecule has 2 aromatic carbocycles. The van der Waals surface area contributed by atoms with Crippen LogP contribution in [0.5, 0.6) is 5.75 Å². The topological polar surface area (TPSA) is 88.9 Å². The summed E-state index contributed by atoms with van der Waals surface area (Å²) in [7, 11) is -3.97. The molecule has 170 valence electrons. The standard InChI is InChI=1S/C24H28N2O5S/c1-5-30-20-8-10-22(11-9-20)32(28,29)26(15-21-7-6-12-31-21)16-23(27)25-24-18(3)13-17(2)14-19(24)4/h6-14H,5,15-16H2,1-4H3,(H,25,27). The molecule has 0 unspecified atom stereocenters. The fraction of sp³-hybridized carbons (Fsp3) is 0.292. The third-order valence-electron chi connectivity index (χ3n) is 4.95. The SMILES string of the molecule is CCOc1ccc(S(=O)(=O)N(CC(=O)Nc2c(C)cc(C)cc2C)Cc2ccco2)cc1. The molecule has 0 aliphatic heterocycles. The van der Waals surface area contributed by atoms with Crippen LogP contribution in [0.4, 0.5) is 5.69 Å². The maximum absolute atomic E-state index is 13.4. The van der Waals surface area contributed by atoms with E-state index in [0.29, 0.717) is 23.8 Å². The lowest BCUT2D eigenvalue weighted by Crippen LogP contribution is -2.37. The smallest absolute Gasteiger partial charge is 0.243 e. The molecule has 1 N–H and O–H groups in total. The van der Waals surface area contributed by atoms with E-state index in [1.807, 2.05) is 39.8 Å². The summed E-state index contributed by atoms with van der Waals surface area (Å²) in [5.74, 6) is 0.586. The molecule has 7 nitrogen and oxygen atoms in total. The fourth-order valence-electron chi connectivity index (χ4n) is 3.54. The summed E-state index contributed by atoms with van der Waals surface area (Å²) < 4.78 is 38.6. The second kappa shape index (κ2) is 10.0. The Morgan fingerprint density at radius 2 is 1.72 bits per heavy atom. The molecule has 0 saturated carbocycles. The van der Waals surface area contributed by atoms with E-state index in [-0.39, 0.29) is 18.0 Å². The Labute approximate surface area is 189 Å². The summed E-state index contributed by atoms with van der Waals surface area (Å²) in [6.45, 7) is 7.71. The zero-order valence-corrected chi connectivity index (χ0v) is 19.5. The van der Waals surface area contributed by atoms with Gasteiger partial charge in [0.15, 0.2) is 0 Å². The van der Waals surface area contributed by atoms with E-state index < -0.39 is 15.9 Å². The van der Waals surface area contributed by atoms with Gasteiger partial charge < -0.3 is 14.5 Å². The van der Waals surface area contributed by atoms with Gasteiger partial charge in [0.1, 0.15) is 11.5 Å². The van der Waals surface area contributed by atoms with Crippen molar-refractivity contribution in [1.29, 1.82) is 0 Å². The lowest BCUT2D eigenvalue weighted by atomic mass is 10.1. The Balaban J connectivity index is 1.86. The molecule has 8 heteroatoms. The van der Waals surface area contributed by atoms with Crippen LogP contribution in [0.25, 0.3) is 0 Å². The molecule has 0 saturated heterocycles. The van der Waals surface area contributed by atoms with Gasteiger partial charge in [0.05, 0.1) is 30.9 Å². The molecular weight excluding hydrogens is 428 g/mol. The molecule has 3 rings (SSSR count). The van der Waals surface area contributed by atoms with E-state index in [1.54, 1.807) is 24.3 Å². The van der Waals surface area contributed by atoms with Crippen LogP contribution in [0.3, 0.4) is 0 Å². The molecule has 0 aliphatic rings. The highest BCUT2D eigenvalue weighted by Crippen LogP contribution is 2.24. The second-order valence-corrected chi connectivity index (χ2v) is 9.52. The lowest BCUT2D eigenvalue weighted by Gasteiger charge is -2.22. The van der Waals surface area contributed by atoms with Crippen LogP contribution >= 0.6 is 0 Å². The Bertz CT molecular complexity index is 1150. The molecule has 0 fully saturated rings. The van der Waals surface area contributed by atoms with Gasteiger partial charge in [-0.2, -0.15) is 4.31 Å². The van der Waals surface area contributed by atoms with Gasteiger partial charge in [-0.3, -0.25) is 4.79 Å². The third-order valence-corrected chi connectivity index (χ3v) is 6.75. The van der Waals surface area contributed by atoms with Crippen molar-refractivity contribution in [2.24, 2.45) is 0 Å². The average Bonchev–Trinajstić information content (AvgIpc) is 3.24. The number of furan rings is 1. The predicted molar refractivity (Wildman–Crippen MR) is 123 cm³/mol. The van der Waals surface area contributed by atoms with E-state index in [0.717, 1.165) is 21.0 Å². The van der Waals surface area contributed by atoms with Gasteiger partial charge >= 0.3 is 0 Å². The first-order chi connectivity index (χ1) is 15.2. The highest BCUT2D eigenvalue weighted by molar-refractivity contribution is 7.89. The zero-order valence-electron chi connectivity index (χ0n) is 18.7. The van der Waals surface area contributed by atoms with Gasteiger partial charge in [-0.05, 0) is 75.2 Å². The van der Waals surface area contributed by atoms with Crippen molar-refractivity contribution >= 4 is 21.6 Å². The number of nitrogens with zero attached hydrogens (tertiary/aromatic N) is 1. The first-order valence-corrected chi connectivity index (χ1v) is 11.8. The van der Waals surface area contributed by atoms with Crippen LogP contribution in [0.1, 0.15) is 29.4 Å². The summed E-state index contributed by atoms with van der Waals surface area (Å²) in [6.07, 6.45) is 1.47. The van der Waals surface area contributed by atoms with Crippen LogP contribution < -0.4 is 10.1 Å². The molecule has 0 aliphatic carbocycles. The fourth-order valence-corrected chi connectivity index (χ4v) is 4.90. The van der Waals surface area contributed by atoms with Crippen LogP contribution in [-0.2, 0) is 21.4 Å². The molecule has 0 radical (unpaired) electrons. The van der Waals surface area contributed by atoms with Crippen molar-refractivity contribution in [3.8, 4) is 5.75 Å².